The number of nitrogens with zero attached hydrogens (tertiary/aromatic N) is 2. The third-order valence-corrected chi connectivity index (χ3v) is 8.28. The van der Waals surface area contributed by atoms with E-state index in [2.05, 4.69) is 132 Å². The van der Waals surface area contributed by atoms with Crippen LogP contribution in [-0.4, -0.2) is 22.8 Å². The Morgan fingerprint density at radius 1 is 0.667 bits per heavy atom. The molecule has 7 rings (SSSR count). The first-order chi connectivity index (χ1) is 17.7. The van der Waals surface area contributed by atoms with E-state index in [4.69, 9.17) is 4.74 Å². The largest absolute Gasteiger partial charge is 0.468 e. The highest BCUT2D eigenvalue weighted by Crippen LogP contribution is 2.48. The fourth-order valence-corrected chi connectivity index (χ4v) is 6.42. The molecular formula is C32H26N2OS+2. The normalized spacial score (nSPS) is 21.1. The Kier molecular flexibility index (Phi) is 4.96. The Morgan fingerprint density at radius 3 is 1.97 bits per heavy atom. The summed E-state index contributed by atoms with van der Waals surface area (Å²) in [6.45, 7) is 4.26. The number of thioether (sulfide) groups is 1. The van der Waals surface area contributed by atoms with E-state index in [-0.39, 0.29) is 11.4 Å². The Balaban J connectivity index is 1.47. The van der Waals surface area contributed by atoms with Crippen LogP contribution >= 0.6 is 11.8 Å². The quantitative estimate of drug-likeness (QED) is 0.352. The predicted molar refractivity (Wildman–Crippen MR) is 152 cm³/mol. The van der Waals surface area contributed by atoms with Gasteiger partial charge in [0.25, 0.3) is 5.69 Å². The lowest BCUT2D eigenvalue weighted by Crippen LogP contribution is -2.37. The van der Waals surface area contributed by atoms with Crippen molar-refractivity contribution in [3.8, 4) is 5.75 Å². The number of hydrogen-bond acceptors (Lipinski definition) is 2. The van der Waals surface area contributed by atoms with E-state index in [9.17, 15) is 0 Å². The van der Waals surface area contributed by atoms with E-state index in [1.807, 2.05) is 11.8 Å². The Morgan fingerprint density at radius 2 is 1.28 bits per heavy atom. The van der Waals surface area contributed by atoms with E-state index in [0.29, 0.717) is 0 Å². The van der Waals surface area contributed by atoms with Crippen molar-refractivity contribution in [1.82, 2.24) is 9.15 Å². The monoisotopic (exact) mass is 486 g/mol. The number of aryl methyl sites for hydroxylation is 2. The van der Waals surface area contributed by atoms with Crippen LogP contribution < -0.4 is 13.9 Å². The molecule has 2 heterocycles. The molecule has 4 aliphatic rings. The van der Waals surface area contributed by atoms with Crippen LogP contribution in [0, 0.1) is 13.8 Å². The maximum atomic E-state index is 6.62. The Bertz CT molecular complexity index is 1460. The van der Waals surface area contributed by atoms with Gasteiger partial charge in [0.2, 0.25) is 34.6 Å². The molecule has 174 valence electrons. The van der Waals surface area contributed by atoms with Gasteiger partial charge in [-0.25, -0.2) is 0 Å². The van der Waals surface area contributed by atoms with Crippen molar-refractivity contribution in [3.63, 3.8) is 0 Å². The molecule has 0 aromatic heterocycles. The second-order valence-corrected chi connectivity index (χ2v) is 10.7. The molecule has 0 N–H and O–H groups in total. The van der Waals surface area contributed by atoms with Gasteiger partial charge in [-0.2, -0.15) is 9.15 Å². The number of benzene rings is 3. The molecule has 3 aromatic carbocycles. The zero-order valence-corrected chi connectivity index (χ0v) is 21.1. The fraction of sp³-hybridized carbons (Fsp3) is 0.125. The van der Waals surface area contributed by atoms with Gasteiger partial charge in [0.05, 0.1) is 11.0 Å². The third kappa shape index (κ3) is 3.44. The third-order valence-electron chi connectivity index (χ3n) is 7.04. The second-order valence-electron chi connectivity index (χ2n) is 9.54. The van der Waals surface area contributed by atoms with Gasteiger partial charge in [-0.3, -0.25) is 0 Å². The van der Waals surface area contributed by atoms with Gasteiger partial charge in [-0.05, 0) is 19.9 Å². The molecule has 0 spiro atoms. The predicted octanol–water partition coefficient (Wildman–Crippen LogP) is 7.34. The van der Waals surface area contributed by atoms with Crippen LogP contribution in [0.25, 0.3) is 0 Å². The van der Waals surface area contributed by atoms with Gasteiger partial charge in [0, 0.05) is 42.5 Å². The van der Waals surface area contributed by atoms with Crippen LogP contribution in [-0.2, 0) is 0 Å². The summed E-state index contributed by atoms with van der Waals surface area (Å²) in [7, 11) is 0. The van der Waals surface area contributed by atoms with Crippen LogP contribution in [0.4, 0.5) is 22.7 Å². The van der Waals surface area contributed by atoms with Gasteiger partial charge in [-0.1, -0.05) is 65.8 Å². The molecule has 2 aliphatic carbocycles. The second kappa shape index (κ2) is 8.35. The highest BCUT2D eigenvalue weighted by atomic mass is 32.2. The lowest BCUT2D eigenvalue weighted by atomic mass is 10.0. The minimum Gasteiger partial charge on any atom is -0.468 e. The van der Waals surface area contributed by atoms with Gasteiger partial charge >= 0.3 is 0 Å². The van der Waals surface area contributed by atoms with Crippen LogP contribution in [0.5, 0.6) is 5.75 Å². The average Bonchev–Trinajstić information content (AvgIpc) is 2.91. The zero-order valence-electron chi connectivity index (χ0n) is 20.3. The van der Waals surface area contributed by atoms with E-state index in [1.165, 1.54) is 27.4 Å². The average molecular weight is 487 g/mol. The molecule has 0 radical (unpaired) electrons. The molecule has 0 bridgehead atoms. The minimum atomic E-state index is -0.121. The van der Waals surface area contributed by atoms with Crippen LogP contribution in [0.15, 0.2) is 114 Å². The molecule has 2 atom stereocenters. The lowest BCUT2D eigenvalue weighted by Gasteiger charge is -2.27. The Labute approximate surface area is 215 Å². The number of hydrogen-bond donors (Lipinski definition) is 0. The summed E-state index contributed by atoms with van der Waals surface area (Å²) >= 11 is 1.90. The molecule has 3 nitrogen and oxygen atoms in total. The summed E-state index contributed by atoms with van der Waals surface area (Å²) < 4.78 is 11.4. The van der Waals surface area contributed by atoms with Crippen molar-refractivity contribution in [3.05, 3.63) is 120 Å². The van der Waals surface area contributed by atoms with Crippen molar-refractivity contribution in [1.29, 1.82) is 0 Å². The molecule has 2 unspecified atom stereocenters. The van der Waals surface area contributed by atoms with Crippen molar-refractivity contribution >= 4 is 45.9 Å². The first-order valence-electron chi connectivity index (χ1n) is 12.3. The van der Waals surface area contributed by atoms with E-state index >= 15 is 0 Å². The summed E-state index contributed by atoms with van der Waals surface area (Å²) in [5.41, 5.74) is 9.48. The summed E-state index contributed by atoms with van der Waals surface area (Å²) in [5, 5.41) is 0.261. The van der Waals surface area contributed by atoms with E-state index in [1.54, 1.807) is 0 Å². The van der Waals surface area contributed by atoms with Gasteiger partial charge in [-0.15, -0.1) is 11.8 Å². The van der Waals surface area contributed by atoms with Crippen LogP contribution in [0.3, 0.4) is 0 Å². The maximum Gasteiger partial charge on any atom is 0.255 e. The topological polar surface area (TPSA) is 15.2 Å². The van der Waals surface area contributed by atoms with Crippen molar-refractivity contribution in [2.75, 3.05) is 0 Å². The first-order valence-corrected chi connectivity index (χ1v) is 13.2. The summed E-state index contributed by atoms with van der Waals surface area (Å²) in [5.74, 6) is 0.898. The number of fused-ring (bicyclic) bond motifs is 4. The molecule has 0 amide bonds. The summed E-state index contributed by atoms with van der Waals surface area (Å²) in [4.78, 5) is 1.25. The molecule has 3 aromatic rings. The minimum absolute atomic E-state index is 0.121. The van der Waals surface area contributed by atoms with Gasteiger partial charge in [0.1, 0.15) is 5.25 Å². The number of allylic oxidation sites excluding steroid dienone is 5. The Hall–Kier alpha value is -3.89. The molecule has 4 heteroatoms. The summed E-state index contributed by atoms with van der Waals surface area (Å²) in [6, 6.07) is 22.1. The number of rotatable bonds is 2. The number of ether oxygens (including phenoxy) is 1. The molecule has 0 saturated carbocycles. The van der Waals surface area contributed by atoms with E-state index in [0.717, 1.165) is 28.5 Å². The fourth-order valence-electron chi connectivity index (χ4n) is 5.22. The van der Waals surface area contributed by atoms with Gasteiger partial charge in [0.15, 0.2) is 5.75 Å². The standard InChI is InChI=1S/C32H26N2OS/c1-21-11-15-23(16-12-21)33-25-7-3-5-9-29(25)35-30-19-28-32(20-27(30)33)36-31-10-6-4-8-26(31)34(28)24-17-13-22(2)14-18-24/h3-20,29,31H,1-2H3/q+2. The maximum absolute atomic E-state index is 6.62. The molecule has 36 heavy (non-hydrogen) atoms. The molecular weight excluding hydrogens is 460 g/mol. The molecule has 0 fully saturated rings. The first kappa shape index (κ1) is 21.4. The summed E-state index contributed by atoms with van der Waals surface area (Å²) in [6.07, 6.45) is 17.1. The van der Waals surface area contributed by atoms with E-state index < -0.39 is 0 Å². The van der Waals surface area contributed by atoms with Crippen molar-refractivity contribution in [2.45, 2.75) is 30.1 Å². The SMILES string of the molecule is Cc1ccc([N+]2=C3C=CC=CC3Oc3cc4c(cc32)SC2C=CC=CC2=[N+]4c2ccc(C)cc2)cc1. The van der Waals surface area contributed by atoms with Crippen LogP contribution in [0.2, 0.25) is 0 Å². The zero-order chi connectivity index (χ0) is 24.2. The van der Waals surface area contributed by atoms with Gasteiger partial charge < -0.3 is 4.74 Å². The van der Waals surface area contributed by atoms with Crippen molar-refractivity contribution < 1.29 is 4.74 Å². The highest BCUT2D eigenvalue weighted by molar-refractivity contribution is 8.01. The van der Waals surface area contributed by atoms with Crippen LogP contribution in [0.1, 0.15) is 11.1 Å². The molecule has 2 aliphatic heterocycles. The lowest BCUT2D eigenvalue weighted by molar-refractivity contribution is 0.303. The van der Waals surface area contributed by atoms with Crippen molar-refractivity contribution in [2.24, 2.45) is 0 Å². The smallest absolute Gasteiger partial charge is 0.255 e. The molecule has 0 saturated heterocycles. The highest BCUT2D eigenvalue weighted by Gasteiger charge is 2.41.